The lowest BCUT2D eigenvalue weighted by molar-refractivity contribution is -0.140. The molecular formula is C15H21NO5. The van der Waals surface area contributed by atoms with Crippen LogP contribution in [0, 0.1) is 0 Å². The summed E-state index contributed by atoms with van der Waals surface area (Å²) in [5, 5.41) is 0. The SMILES string of the molecule is COCCN(CCC(=O)OC)C(=O)c1ccc(OC)cc1. The van der Waals surface area contributed by atoms with Crippen LogP contribution in [0.3, 0.4) is 0 Å². The van der Waals surface area contributed by atoms with Gasteiger partial charge in [-0.25, -0.2) is 0 Å². The van der Waals surface area contributed by atoms with E-state index in [1.165, 1.54) is 7.11 Å². The second-order valence-corrected chi connectivity index (χ2v) is 4.34. The number of amides is 1. The minimum Gasteiger partial charge on any atom is -0.497 e. The first-order valence-corrected chi connectivity index (χ1v) is 6.61. The largest absolute Gasteiger partial charge is 0.497 e. The average molecular weight is 295 g/mol. The highest BCUT2D eigenvalue weighted by atomic mass is 16.5. The third-order valence-electron chi connectivity index (χ3n) is 3.00. The van der Waals surface area contributed by atoms with Gasteiger partial charge in [-0.15, -0.1) is 0 Å². The van der Waals surface area contributed by atoms with Crippen molar-refractivity contribution in [1.82, 2.24) is 4.90 Å². The van der Waals surface area contributed by atoms with Gasteiger partial charge in [0.05, 0.1) is 27.2 Å². The van der Waals surface area contributed by atoms with Gasteiger partial charge in [0, 0.05) is 25.8 Å². The summed E-state index contributed by atoms with van der Waals surface area (Å²) >= 11 is 0. The summed E-state index contributed by atoms with van der Waals surface area (Å²) in [4.78, 5) is 25.2. The van der Waals surface area contributed by atoms with Crippen LogP contribution in [0.5, 0.6) is 5.75 Å². The lowest BCUT2D eigenvalue weighted by atomic mass is 10.2. The molecule has 0 atom stereocenters. The van der Waals surface area contributed by atoms with Crippen LogP contribution in [0.1, 0.15) is 16.8 Å². The van der Waals surface area contributed by atoms with Crippen molar-refractivity contribution >= 4 is 11.9 Å². The smallest absolute Gasteiger partial charge is 0.307 e. The van der Waals surface area contributed by atoms with Crippen LogP contribution >= 0.6 is 0 Å². The summed E-state index contributed by atoms with van der Waals surface area (Å²) in [6.45, 7) is 1.11. The minimum atomic E-state index is -0.347. The Balaban J connectivity index is 2.74. The van der Waals surface area contributed by atoms with E-state index in [1.54, 1.807) is 43.4 Å². The summed E-state index contributed by atoms with van der Waals surface area (Å²) in [6.07, 6.45) is 0.155. The van der Waals surface area contributed by atoms with Crippen LogP contribution in [-0.2, 0) is 14.3 Å². The predicted molar refractivity (Wildman–Crippen MR) is 77.4 cm³/mol. The van der Waals surface area contributed by atoms with Crippen LogP contribution in [0.4, 0.5) is 0 Å². The van der Waals surface area contributed by atoms with Crippen molar-refractivity contribution in [2.45, 2.75) is 6.42 Å². The van der Waals surface area contributed by atoms with Crippen LogP contribution in [0.15, 0.2) is 24.3 Å². The maximum absolute atomic E-state index is 12.4. The number of rotatable bonds is 8. The zero-order chi connectivity index (χ0) is 15.7. The number of esters is 1. The number of carbonyl (C=O) groups excluding carboxylic acids is 2. The lowest BCUT2D eigenvalue weighted by Crippen LogP contribution is -2.35. The molecule has 0 radical (unpaired) electrons. The van der Waals surface area contributed by atoms with Crippen molar-refractivity contribution in [1.29, 1.82) is 0 Å². The summed E-state index contributed by atoms with van der Waals surface area (Å²) < 4.78 is 14.7. The molecule has 0 spiro atoms. The Morgan fingerprint density at radius 3 is 2.24 bits per heavy atom. The molecule has 1 rings (SSSR count). The number of ether oxygens (including phenoxy) is 3. The molecule has 6 heteroatoms. The van der Waals surface area contributed by atoms with Gasteiger partial charge in [-0.05, 0) is 24.3 Å². The highest BCUT2D eigenvalue weighted by molar-refractivity contribution is 5.94. The number of carbonyl (C=O) groups is 2. The fourth-order valence-electron chi connectivity index (χ4n) is 1.76. The number of benzene rings is 1. The molecule has 0 heterocycles. The quantitative estimate of drug-likeness (QED) is 0.677. The molecule has 0 aliphatic heterocycles. The molecular weight excluding hydrogens is 274 g/mol. The molecule has 0 bridgehead atoms. The van der Waals surface area contributed by atoms with E-state index in [0.717, 1.165) is 0 Å². The topological polar surface area (TPSA) is 65.1 Å². The van der Waals surface area contributed by atoms with E-state index in [9.17, 15) is 9.59 Å². The number of hydrogen-bond acceptors (Lipinski definition) is 5. The minimum absolute atomic E-state index is 0.154. The van der Waals surface area contributed by atoms with Gasteiger partial charge in [-0.2, -0.15) is 0 Å². The molecule has 0 aromatic heterocycles. The first-order valence-electron chi connectivity index (χ1n) is 6.61. The lowest BCUT2D eigenvalue weighted by Gasteiger charge is -2.22. The normalized spacial score (nSPS) is 10.0. The van der Waals surface area contributed by atoms with E-state index in [4.69, 9.17) is 9.47 Å². The Bertz CT molecular complexity index is 458. The number of nitrogens with zero attached hydrogens (tertiary/aromatic N) is 1. The summed E-state index contributed by atoms with van der Waals surface area (Å²) in [7, 11) is 4.46. The van der Waals surface area contributed by atoms with Crippen molar-refractivity contribution in [3.8, 4) is 5.75 Å². The summed E-state index contributed by atoms with van der Waals surface area (Å²) in [6, 6.07) is 6.84. The van der Waals surface area contributed by atoms with Gasteiger partial charge in [-0.3, -0.25) is 9.59 Å². The number of hydrogen-bond donors (Lipinski definition) is 0. The van der Waals surface area contributed by atoms with Gasteiger partial charge in [-0.1, -0.05) is 0 Å². The molecule has 0 unspecified atom stereocenters. The van der Waals surface area contributed by atoms with Crippen molar-refractivity contribution in [2.24, 2.45) is 0 Å². The summed E-state index contributed by atoms with van der Waals surface area (Å²) in [5.74, 6) is 0.183. The van der Waals surface area contributed by atoms with Crippen molar-refractivity contribution < 1.29 is 23.8 Å². The molecule has 6 nitrogen and oxygen atoms in total. The highest BCUT2D eigenvalue weighted by Gasteiger charge is 2.17. The number of methoxy groups -OCH3 is 3. The Kier molecular flexibility index (Phi) is 7.25. The molecule has 1 aromatic carbocycles. The molecule has 0 aliphatic carbocycles. The van der Waals surface area contributed by atoms with E-state index in [-0.39, 0.29) is 18.3 Å². The Labute approximate surface area is 124 Å². The van der Waals surface area contributed by atoms with Crippen molar-refractivity contribution in [3.63, 3.8) is 0 Å². The molecule has 21 heavy (non-hydrogen) atoms. The zero-order valence-corrected chi connectivity index (χ0v) is 12.6. The molecule has 0 N–H and O–H groups in total. The molecule has 1 amide bonds. The zero-order valence-electron chi connectivity index (χ0n) is 12.6. The average Bonchev–Trinajstić information content (AvgIpc) is 2.54. The monoisotopic (exact) mass is 295 g/mol. The molecule has 0 saturated heterocycles. The van der Waals surface area contributed by atoms with Gasteiger partial charge < -0.3 is 19.1 Å². The fraction of sp³-hybridized carbons (Fsp3) is 0.467. The van der Waals surface area contributed by atoms with E-state index in [0.29, 0.717) is 31.0 Å². The van der Waals surface area contributed by atoms with Gasteiger partial charge in [0.2, 0.25) is 0 Å². The van der Waals surface area contributed by atoms with Crippen LogP contribution in [0.25, 0.3) is 0 Å². The maximum Gasteiger partial charge on any atom is 0.307 e. The third kappa shape index (κ3) is 5.43. The fourth-order valence-corrected chi connectivity index (χ4v) is 1.76. The maximum atomic E-state index is 12.4. The van der Waals surface area contributed by atoms with Gasteiger partial charge in [0.25, 0.3) is 5.91 Å². The molecule has 0 saturated carbocycles. The standard InChI is InChI=1S/C15H21NO5/c1-19-11-10-16(9-8-14(17)21-3)15(18)12-4-6-13(20-2)7-5-12/h4-7H,8-11H2,1-3H3. The second-order valence-electron chi connectivity index (χ2n) is 4.34. The van der Waals surface area contributed by atoms with Crippen LogP contribution in [-0.4, -0.2) is 57.8 Å². The van der Waals surface area contributed by atoms with Gasteiger partial charge in [0.1, 0.15) is 5.75 Å². The van der Waals surface area contributed by atoms with Gasteiger partial charge in [0.15, 0.2) is 0 Å². The third-order valence-corrected chi connectivity index (χ3v) is 3.00. The van der Waals surface area contributed by atoms with Crippen molar-refractivity contribution in [2.75, 3.05) is 41.0 Å². The molecule has 1 aromatic rings. The second kappa shape index (κ2) is 8.97. The molecule has 116 valence electrons. The molecule has 0 fully saturated rings. The van der Waals surface area contributed by atoms with E-state index >= 15 is 0 Å². The van der Waals surface area contributed by atoms with Crippen molar-refractivity contribution in [3.05, 3.63) is 29.8 Å². The molecule has 0 aliphatic rings. The van der Waals surface area contributed by atoms with E-state index in [2.05, 4.69) is 4.74 Å². The van der Waals surface area contributed by atoms with E-state index in [1.807, 2.05) is 0 Å². The first-order chi connectivity index (χ1) is 10.1. The van der Waals surface area contributed by atoms with Crippen LogP contribution in [0.2, 0.25) is 0 Å². The van der Waals surface area contributed by atoms with Gasteiger partial charge >= 0.3 is 5.97 Å². The van der Waals surface area contributed by atoms with Crippen LogP contribution < -0.4 is 4.74 Å². The Morgan fingerprint density at radius 2 is 1.71 bits per heavy atom. The Morgan fingerprint density at radius 1 is 1.05 bits per heavy atom. The Hall–Kier alpha value is -2.08. The predicted octanol–water partition coefficient (Wildman–Crippen LogP) is 1.35. The highest BCUT2D eigenvalue weighted by Crippen LogP contribution is 2.13. The summed E-state index contributed by atoms with van der Waals surface area (Å²) in [5.41, 5.74) is 0.539. The van der Waals surface area contributed by atoms with E-state index < -0.39 is 0 Å². The first kappa shape index (κ1) is 17.0.